The monoisotopic (exact) mass is 489 g/mol. The van der Waals surface area contributed by atoms with Crippen LogP contribution in [0.4, 0.5) is 15.8 Å². The molecular formula is C26H28FN7O2. The summed E-state index contributed by atoms with van der Waals surface area (Å²) in [6.45, 7) is 5.41. The van der Waals surface area contributed by atoms with E-state index < -0.39 is 5.82 Å². The van der Waals surface area contributed by atoms with Crippen molar-refractivity contribution >= 4 is 39.1 Å². The predicted octanol–water partition coefficient (Wildman–Crippen LogP) is 3.56. The fourth-order valence-corrected chi connectivity index (χ4v) is 5.15. The largest absolute Gasteiger partial charge is 0.370 e. The van der Waals surface area contributed by atoms with Crippen LogP contribution in [0.15, 0.2) is 36.7 Å². The van der Waals surface area contributed by atoms with E-state index in [-0.39, 0.29) is 17.5 Å². The smallest absolute Gasteiger partial charge is 0.257 e. The lowest BCUT2D eigenvalue weighted by molar-refractivity contribution is 0.102. The third-order valence-corrected chi connectivity index (χ3v) is 6.85. The molecule has 0 bridgehead atoms. The van der Waals surface area contributed by atoms with Crippen molar-refractivity contribution in [2.24, 2.45) is 7.05 Å². The van der Waals surface area contributed by atoms with Gasteiger partial charge in [0.1, 0.15) is 11.6 Å². The summed E-state index contributed by atoms with van der Waals surface area (Å²) >= 11 is 0. The SMILES string of the molecule is CC1CN(c2ccc(C(=O)Nc3cc(F)c4nn(C)cc4c3)c3nc(C4CCCO4)ncc23)CCN1. The normalized spacial score (nSPS) is 20.4. The Kier molecular flexibility index (Phi) is 5.77. The molecule has 9 nitrogen and oxygen atoms in total. The van der Waals surface area contributed by atoms with Crippen molar-refractivity contribution in [3.05, 3.63) is 53.9 Å². The minimum atomic E-state index is -0.487. The second-order valence-corrected chi connectivity index (χ2v) is 9.58. The lowest BCUT2D eigenvalue weighted by Crippen LogP contribution is -2.49. The summed E-state index contributed by atoms with van der Waals surface area (Å²) in [4.78, 5) is 25.2. The van der Waals surface area contributed by atoms with Crippen LogP contribution in [0.1, 0.15) is 42.1 Å². The Morgan fingerprint density at radius 3 is 2.97 bits per heavy atom. The molecule has 1 amide bonds. The molecule has 2 saturated heterocycles. The van der Waals surface area contributed by atoms with Gasteiger partial charge in [-0.25, -0.2) is 14.4 Å². The van der Waals surface area contributed by atoms with Gasteiger partial charge in [-0.15, -0.1) is 0 Å². The number of anilines is 2. The van der Waals surface area contributed by atoms with E-state index in [0.29, 0.717) is 40.6 Å². The van der Waals surface area contributed by atoms with Crippen LogP contribution < -0.4 is 15.5 Å². The van der Waals surface area contributed by atoms with Crippen molar-refractivity contribution in [1.82, 2.24) is 25.1 Å². The summed E-state index contributed by atoms with van der Waals surface area (Å²) in [5.41, 5.74) is 2.60. The van der Waals surface area contributed by atoms with E-state index in [1.54, 1.807) is 36.3 Å². The molecule has 4 heterocycles. The molecule has 2 fully saturated rings. The zero-order valence-corrected chi connectivity index (χ0v) is 20.3. The highest BCUT2D eigenvalue weighted by atomic mass is 19.1. The number of rotatable bonds is 4. The van der Waals surface area contributed by atoms with Gasteiger partial charge in [0, 0.05) is 73.9 Å². The third kappa shape index (κ3) is 4.16. The Hall–Kier alpha value is -3.63. The summed E-state index contributed by atoms with van der Waals surface area (Å²) in [6.07, 6.45) is 5.16. The molecule has 4 aromatic rings. The number of hydrogen-bond acceptors (Lipinski definition) is 7. The standard InChI is InChI=1S/C26H28FN7O2/c1-15-13-34(8-7-28-15)21-6-5-18(24-19(21)12-29-25(31-24)22-4-3-9-36-22)26(35)30-17-10-16-14-33(2)32-23(16)20(27)11-17/h5-6,10-12,14-15,22,28H,3-4,7-9,13H2,1-2H3,(H,30,35). The van der Waals surface area contributed by atoms with E-state index >= 15 is 0 Å². The van der Waals surface area contributed by atoms with E-state index in [2.05, 4.69) is 32.5 Å². The van der Waals surface area contributed by atoms with Crippen molar-refractivity contribution in [1.29, 1.82) is 0 Å². The van der Waals surface area contributed by atoms with Crippen LogP contribution in [0.3, 0.4) is 0 Å². The fraction of sp³-hybridized carbons (Fsp3) is 0.385. The van der Waals surface area contributed by atoms with Crippen LogP contribution in [0.2, 0.25) is 0 Å². The van der Waals surface area contributed by atoms with Gasteiger partial charge < -0.3 is 20.3 Å². The number of carbonyl (C=O) groups excluding carboxylic acids is 1. The summed E-state index contributed by atoms with van der Waals surface area (Å²) in [5.74, 6) is -0.262. The summed E-state index contributed by atoms with van der Waals surface area (Å²) in [5, 5.41) is 11.9. The van der Waals surface area contributed by atoms with Crippen molar-refractivity contribution in [3.8, 4) is 0 Å². The highest BCUT2D eigenvalue weighted by Gasteiger charge is 2.25. The Morgan fingerprint density at radius 2 is 2.17 bits per heavy atom. The third-order valence-electron chi connectivity index (χ3n) is 6.85. The van der Waals surface area contributed by atoms with Crippen LogP contribution >= 0.6 is 0 Å². The molecule has 10 heteroatoms. The zero-order valence-electron chi connectivity index (χ0n) is 20.3. The van der Waals surface area contributed by atoms with Gasteiger partial charge in [0.25, 0.3) is 5.91 Å². The number of piperazine rings is 1. The Labute approximate surface area is 207 Å². The van der Waals surface area contributed by atoms with Gasteiger partial charge in [-0.1, -0.05) is 0 Å². The highest BCUT2D eigenvalue weighted by Crippen LogP contribution is 2.33. The number of nitrogens with zero attached hydrogens (tertiary/aromatic N) is 5. The molecule has 0 saturated carbocycles. The molecule has 2 aromatic heterocycles. The van der Waals surface area contributed by atoms with Crippen LogP contribution in [0.5, 0.6) is 0 Å². The number of ether oxygens (including phenoxy) is 1. The minimum absolute atomic E-state index is 0.171. The Morgan fingerprint density at radius 1 is 1.28 bits per heavy atom. The molecular weight excluding hydrogens is 461 g/mol. The van der Waals surface area contributed by atoms with E-state index in [9.17, 15) is 9.18 Å². The van der Waals surface area contributed by atoms with Crippen LogP contribution in [-0.4, -0.2) is 57.9 Å². The number of carbonyl (C=O) groups is 1. The van der Waals surface area contributed by atoms with Crippen LogP contribution in [-0.2, 0) is 11.8 Å². The Balaban J connectivity index is 1.41. The Bertz CT molecular complexity index is 1460. The van der Waals surface area contributed by atoms with Gasteiger partial charge in [0.05, 0.1) is 11.1 Å². The van der Waals surface area contributed by atoms with E-state index in [1.807, 2.05) is 6.07 Å². The van der Waals surface area contributed by atoms with Gasteiger partial charge >= 0.3 is 0 Å². The molecule has 2 unspecified atom stereocenters. The molecule has 0 spiro atoms. The summed E-state index contributed by atoms with van der Waals surface area (Å²) in [7, 11) is 1.73. The second kappa shape index (κ2) is 9.11. The average molecular weight is 490 g/mol. The predicted molar refractivity (Wildman–Crippen MR) is 136 cm³/mol. The van der Waals surface area contributed by atoms with E-state index in [0.717, 1.165) is 43.5 Å². The van der Waals surface area contributed by atoms with Gasteiger partial charge in [-0.2, -0.15) is 5.10 Å². The van der Waals surface area contributed by atoms with Crippen molar-refractivity contribution in [2.45, 2.75) is 31.9 Å². The highest BCUT2D eigenvalue weighted by molar-refractivity contribution is 6.14. The van der Waals surface area contributed by atoms with Crippen molar-refractivity contribution in [3.63, 3.8) is 0 Å². The number of halogens is 1. The number of hydrogen-bond donors (Lipinski definition) is 2. The quantitative estimate of drug-likeness (QED) is 0.452. The topological polar surface area (TPSA) is 97.2 Å². The molecule has 2 aliphatic heterocycles. The number of aromatic nitrogens is 4. The summed E-state index contributed by atoms with van der Waals surface area (Å²) in [6, 6.07) is 7.11. The second-order valence-electron chi connectivity index (χ2n) is 9.58. The molecule has 2 atom stereocenters. The molecule has 2 aromatic carbocycles. The zero-order chi connectivity index (χ0) is 24.8. The van der Waals surface area contributed by atoms with Gasteiger partial charge in [-0.3, -0.25) is 9.48 Å². The first-order valence-electron chi connectivity index (χ1n) is 12.3. The van der Waals surface area contributed by atoms with E-state index in [4.69, 9.17) is 9.72 Å². The number of aryl methyl sites for hydroxylation is 1. The van der Waals surface area contributed by atoms with E-state index in [1.165, 1.54) is 6.07 Å². The minimum Gasteiger partial charge on any atom is -0.370 e. The maximum Gasteiger partial charge on any atom is 0.257 e. The molecule has 0 radical (unpaired) electrons. The number of amides is 1. The molecule has 6 rings (SSSR count). The molecule has 0 aliphatic carbocycles. The molecule has 2 aliphatic rings. The molecule has 2 N–H and O–H groups in total. The van der Waals surface area contributed by atoms with Crippen LogP contribution in [0.25, 0.3) is 21.8 Å². The number of nitrogens with one attached hydrogen (secondary N) is 2. The van der Waals surface area contributed by atoms with Gasteiger partial charge in [0.2, 0.25) is 0 Å². The average Bonchev–Trinajstić information content (AvgIpc) is 3.53. The van der Waals surface area contributed by atoms with Gasteiger partial charge in [-0.05, 0) is 44.0 Å². The first kappa shape index (κ1) is 22.8. The van der Waals surface area contributed by atoms with Crippen LogP contribution in [0, 0.1) is 5.82 Å². The first-order chi connectivity index (χ1) is 17.5. The lowest BCUT2D eigenvalue weighted by Gasteiger charge is -2.34. The fourth-order valence-electron chi connectivity index (χ4n) is 5.15. The van der Waals surface area contributed by atoms with Gasteiger partial charge in [0.15, 0.2) is 11.6 Å². The first-order valence-corrected chi connectivity index (χ1v) is 12.3. The lowest BCUT2D eigenvalue weighted by atomic mass is 10.1. The van der Waals surface area contributed by atoms with Crippen molar-refractivity contribution < 1.29 is 13.9 Å². The maximum absolute atomic E-state index is 14.6. The van der Waals surface area contributed by atoms with Crippen molar-refractivity contribution in [2.75, 3.05) is 36.5 Å². The summed E-state index contributed by atoms with van der Waals surface area (Å²) < 4.78 is 22.0. The maximum atomic E-state index is 14.6. The number of benzene rings is 2. The number of fused-ring (bicyclic) bond motifs is 2. The molecule has 186 valence electrons. The molecule has 36 heavy (non-hydrogen) atoms.